The van der Waals surface area contributed by atoms with Crippen LogP contribution in [0.1, 0.15) is 20.4 Å². The Kier molecular flexibility index (Phi) is 8.06. The molecular weight excluding hydrogens is 424 g/mol. The number of hydrogen-bond donors (Lipinski definition) is 0. The Labute approximate surface area is 183 Å². The van der Waals surface area contributed by atoms with E-state index in [-0.39, 0.29) is 12.5 Å². The number of amides is 1. The highest BCUT2D eigenvalue weighted by Crippen LogP contribution is 2.37. The van der Waals surface area contributed by atoms with E-state index in [1.807, 2.05) is 41.1 Å². The Morgan fingerprint density at radius 3 is 2.47 bits per heavy atom. The van der Waals surface area contributed by atoms with Crippen LogP contribution in [-0.4, -0.2) is 50.3 Å². The van der Waals surface area contributed by atoms with Gasteiger partial charge in [0.05, 0.1) is 37.9 Å². The van der Waals surface area contributed by atoms with Crippen molar-refractivity contribution in [2.45, 2.75) is 13.2 Å². The summed E-state index contributed by atoms with van der Waals surface area (Å²) in [5.41, 5.74) is 0.812. The summed E-state index contributed by atoms with van der Waals surface area (Å²) >= 11 is 2.91. The second-order valence-corrected chi connectivity index (χ2v) is 8.10. The Balaban J connectivity index is 1.67. The number of ether oxygens (including phenoxy) is 4. The van der Waals surface area contributed by atoms with Crippen LogP contribution in [0, 0.1) is 0 Å². The van der Waals surface area contributed by atoms with E-state index in [4.69, 9.17) is 18.9 Å². The van der Waals surface area contributed by atoms with Crippen molar-refractivity contribution in [2.75, 3.05) is 34.5 Å². The van der Waals surface area contributed by atoms with Gasteiger partial charge in [0.15, 0.2) is 11.5 Å². The molecule has 0 atom stereocenters. The predicted octanol–water partition coefficient (Wildman–Crippen LogP) is 4.09. The van der Waals surface area contributed by atoms with Crippen molar-refractivity contribution in [1.29, 1.82) is 0 Å². The summed E-state index contributed by atoms with van der Waals surface area (Å²) in [5, 5.41) is 4.64. The maximum atomic E-state index is 12.8. The van der Waals surface area contributed by atoms with Gasteiger partial charge in [-0.2, -0.15) is 0 Å². The molecule has 0 saturated heterocycles. The Bertz CT molecular complexity index is 921. The highest BCUT2D eigenvalue weighted by atomic mass is 32.1. The fraction of sp³-hybridized carbons (Fsp3) is 0.333. The van der Waals surface area contributed by atoms with Crippen molar-refractivity contribution in [2.24, 2.45) is 0 Å². The molecule has 0 fully saturated rings. The number of thiophene rings is 1. The van der Waals surface area contributed by atoms with Crippen molar-refractivity contribution in [3.8, 4) is 17.2 Å². The topological polar surface area (TPSA) is 70.1 Å². The number of aromatic nitrogens is 1. The average Bonchev–Trinajstić information content (AvgIpc) is 3.46. The summed E-state index contributed by atoms with van der Waals surface area (Å²) in [5.74, 6) is 1.71. The van der Waals surface area contributed by atoms with Gasteiger partial charge in [-0.25, -0.2) is 4.98 Å². The molecule has 30 heavy (non-hydrogen) atoms. The molecule has 0 spiro atoms. The molecule has 7 nitrogen and oxygen atoms in total. The lowest BCUT2D eigenvalue weighted by Gasteiger charge is -2.20. The van der Waals surface area contributed by atoms with Gasteiger partial charge in [-0.1, -0.05) is 12.1 Å². The quantitative estimate of drug-likeness (QED) is 0.440. The molecule has 0 unspecified atom stereocenters. The second-order valence-electron chi connectivity index (χ2n) is 6.21. The second kappa shape index (κ2) is 11.0. The molecule has 0 N–H and O–H groups in total. The van der Waals surface area contributed by atoms with Gasteiger partial charge in [0.25, 0.3) is 5.91 Å². The highest BCUT2D eigenvalue weighted by molar-refractivity contribution is 7.12. The van der Waals surface area contributed by atoms with E-state index in [1.54, 1.807) is 26.2 Å². The van der Waals surface area contributed by atoms with Crippen molar-refractivity contribution in [3.05, 3.63) is 56.7 Å². The lowest BCUT2D eigenvalue weighted by molar-refractivity contribution is 0.0683. The number of nitrogens with zero attached hydrogens (tertiary/aromatic N) is 2. The van der Waals surface area contributed by atoms with Gasteiger partial charge in [0, 0.05) is 19.0 Å². The molecule has 160 valence electrons. The summed E-state index contributed by atoms with van der Waals surface area (Å²) in [7, 11) is 4.79. The van der Waals surface area contributed by atoms with Crippen LogP contribution < -0.4 is 14.2 Å². The zero-order valence-electron chi connectivity index (χ0n) is 17.1. The van der Waals surface area contributed by atoms with Crippen molar-refractivity contribution < 1.29 is 23.7 Å². The summed E-state index contributed by atoms with van der Waals surface area (Å²) in [6.07, 6.45) is 0. The lowest BCUT2D eigenvalue weighted by atomic mass is 10.3. The van der Waals surface area contributed by atoms with E-state index in [0.717, 1.165) is 10.7 Å². The van der Waals surface area contributed by atoms with E-state index in [9.17, 15) is 4.79 Å². The largest absolute Gasteiger partial charge is 0.493 e. The maximum Gasteiger partial charge on any atom is 0.264 e. The van der Waals surface area contributed by atoms with E-state index < -0.39 is 0 Å². The van der Waals surface area contributed by atoms with Gasteiger partial charge in [-0.3, -0.25) is 4.79 Å². The van der Waals surface area contributed by atoms with E-state index in [1.165, 1.54) is 22.7 Å². The molecule has 0 aliphatic rings. The third kappa shape index (κ3) is 5.50. The number of rotatable bonds is 11. The number of thiazole rings is 1. The molecule has 0 saturated carbocycles. The zero-order valence-corrected chi connectivity index (χ0v) is 18.8. The van der Waals surface area contributed by atoms with E-state index in [2.05, 4.69) is 4.98 Å². The number of para-hydroxylation sites is 1. The van der Waals surface area contributed by atoms with Crippen LogP contribution in [0.15, 0.2) is 41.1 Å². The first-order valence-electron chi connectivity index (χ1n) is 9.25. The fourth-order valence-electron chi connectivity index (χ4n) is 2.79. The number of methoxy groups -OCH3 is 3. The van der Waals surface area contributed by atoms with Crippen LogP contribution >= 0.6 is 22.7 Å². The molecule has 2 heterocycles. The van der Waals surface area contributed by atoms with Gasteiger partial charge in [-0.15, -0.1) is 22.7 Å². The standard InChI is InChI=1S/C21H24N2O5S2/c1-25-10-9-23(21(24)18-8-5-11-29-18)12-15-14-30-19(22-15)13-28-20-16(26-2)6-4-7-17(20)27-3/h4-8,11,14H,9-10,12-13H2,1-3H3. The van der Waals surface area contributed by atoms with E-state index in [0.29, 0.717) is 41.8 Å². The fourth-order valence-corrected chi connectivity index (χ4v) is 4.17. The molecule has 1 amide bonds. The van der Waals surface area contributed by atoms with Crippen LogP contribution in [0.25, 0.3) is 0 Å². The van der Waals surface area contributed by atoms with Crippen molar-refractivity contribution >= 4 is 28.6 Å². The summed E-state index contributed by atoms with van der Waals surface area (Å²) < 4.78 is 21.8. The minimum atomic E-state index is -0.0217. The van der Waals surface area contributed by atoms with Gasteiger partial charge in [-0.05, 0) is 23.6 Å². The predicted molar refractivity (Wildman–Crippen MR) is 117 cm³/mol. The van der Waals surface area contributed by atoms with Crippen LogP contribution in [0.4, 0.5) is 0 Å². The van der Waals surface area contributed by atoms with Gasteiger partial charge < -0.3 is 23.8 Å². The third-order valence-electron chi connectivity index (χ3n) is 4.26. The summed E-state index contributed by atoms with van der Waals surface area (Å²) in [4.78, 5) is 19.9. The molecule has 9 heteroatoms. The molecule has 1 aromatic carbocycles. The number of hydrogen-bond acceptors (Lipinski definition) is 8. The average molecular weight is 449 g/mol. The maximum absolute atomic E-state index is 12.8. The molecule has 0 aliphatic carbocycles. The van der Waals surface area contributed by atoms with Gasteiger partial charge >= 0.3 is 0 Å². The lowest BCUT2D eigenvalue weighted by Crippen LogP contribution is -2.33. The molecule has 0 aliphatic heterocycles. The summed E-state index contributed by atoms with van der Waals surface area (Å²) in [6, 6.07) is 9.17. The number of carbonyl (C=O) groups excluding carboxylic acids is 1. The van der Waals surface area contributed by atoms with Gasteiger partial charge in [0.2, 0.25) is 5.75 Å². The molecular formula is C21H24N2O5S2. The van der Waals surface area contributed by atoms with Gasteiger partial charge in [0.1, 0.15) is 11.6 Å². The molecule has 0 bridgehead atoms. The van der Waals surface area contributed by atoms with Crippen LogP contribution in [0.2, 0.25) is 0 Å². The Morgan fingerprint density at radius 2 is 1.83 bits per heavy atom. The molecule has 0 radical (unpaired) electrons. The molecule has 3 rings (SSSR count). The van der Waals surface area contributed by atoms with Crippen LogP contribution in [0.3, 0.4) is 0 Å². The van der Waals surface area contributed by atoms with E-state index >= 15 is 0 Å². The van der Waals surface area contributed by atoms with Crippen molar-refractivity contribution in [3.63, 3.8) is 0 Å². The number of carbonyl (C=O) groups is 1. The van der Waals surface area contributed by atoms with Crippen molar-refractivity contribution in [1.82, 2.24) is 9.88 Å². The third-order valence-corrected chi connectivity index (χ3v) is 5.99. The zero-order chi connectivity index (χ0) is 21.3. The first-order chi connectivity index (χ1) is 14.7. The molecule has 3 aromatic rings. The smallest absolute Gasteiger partial charge is 0.264 e. The first-order valence-corrected chi connectivity index (χ1v) is 11.0. The minimum absolute atomic E-state index is 0.0217. The number of benzene rings is 1. The monoisotopic (exact) mass is 448 g/mol. The highest BCUT2D eigenvalue weighted by Gasteiger charge is 2.19. The normalized spacial score (nSPS) is 10.6. The SMILES string of the molecule is COCCN(Cc1csc(COc2c(OC)cccc2OC)n1)C(=O)c1cccs1. The Hall–Kier alpha value is -2.62. The summed E-state index contributed by atoms with van der Waals surface area (Å²) in [6.45, 7) is 1.65. The molecule has 2 aromatic heterocycles. The Morgan fingerprint density at radius 1 is 1.07 bits per heavy atom. The van der Waals surface area contributed by atoms with Crippen LogP contribution in [0.5, 0.6) is 17.2 Å². The minimum Gasteiger partial charge on any atom is -0.493 e. The van der Waals surface area contributed by atoms with Crippen LogP contribution in [-0.2, 0) is 17.9 Å². The first kappa shape index (κ1) is 22.1.